The van der Waals surface area contributed by atoms with Crippen molar-refractivity contribution in [2.24, 2.45) is 0 Å². The Morgan fingerprint density at radius 1 is 0.786 bits per heavy atom. The summed E-state index contributed by atoms with van der Waals surface area (Å²) in [5.74, 6) is -0.00665. The van der Waals surface area contributed by atoms with Crippen LogP contribution in [0.4, 0.5) is 16.2 Å². The van der Waals surface area contributed by atoms with Crippen molar-refractivity contribution in [1.29, 1.82) is 10.8 Å². The van der Waals surface area contributed by atoms with Gasteiger partial charge in [-0.3, -0.25) is 45.1 Å². The van der Waals surface area contributed by atoms with Crippen LogP contribution in [0.3, 0.4) is 0 Å². The van der Waals surface area contributed by atoms with E-state index in [1.54, 1.807) is 65.8 Å². The molecule has 6 amide bonds. The monoisotopic (exact) mass is 1160 g/mol. The summed E-state index contributed by atoms with van der Waals surface area (Å²) in [6.45, 7) is 10.4. The molecule has 7 N–H and O–H groups in total. The largest absolute Gasteiger partial charge is 0.494 e. The zero-order valence-corrected chi connectivity index (χ0v) is 48.4. The van der Waals surface area contributed by atoms with Gasteiger partial charge in [-0.15, -0.1) is 0 Å². The molecule has 22 heteroatoms. The van der Waals surface area contributed by atoms with Gasteiger partial charge < -0.3 is 59.5 Å². The second kappa shape index (κ2) is 30.0. The Bertz CT molecular complexity index is 2960. The summed E-state index contributed by atoms with van der Waals surface area (Å²) in [5, 5.41) is 32.9. The van der Waals surface area contributed by atoms with Crippen LogP contribution in [0.15, 0.2) is 85.2 Å². The van der Waals surface area contributed by atoms with Crippen molar-refractivity contribution in [3.63, 3.8) is 0 Å². The van der Waals surface area contributed by atoms with E-state index in [4.69, 9.17) is 33.8 Å². The number of likely N-dealkylation sites (tertiary alicyclic amines) is 1. The van der Waals surface area contributed by atoms with Crippen molar-refractivity contribution in [2.75, 3.05) is 76.6 Å². The van der Waals surface area contributed by atoms with Crippen molar-refractivity contribution in [1.82, 2.24) is 30.7 Å². The van der Waals surface area contributed by atoms with Gasteiger partial charge in [-0.2, -0.15) is 0 Å². The predicted molar refractivity (Wildman–Crippen MR) is 315 cm³/mol. The molecular formula is C62H80N10O12. The molecule has 4 aliphatic heterocycles. The zero-order valence-electron chi connectivity index (χ0n) is 48.4. The average Bonchev–Trinajstić information content (AvgIpc) is 2.20. The van der Waals surface area contributed by atoms with Gasteiger partial charge in [-0.25, -0.2) is 4.79 Å². The number of fused-ring (bicyclic) bond motifs is 2. The zero-order chi connectivity index (χ0) is 59.5. The van der Waals surface area contributed by atoms with Crippen LogP contribution in [-0.4, -0.2) is 145 Å². The van der Waals surface area contributed by atoms with E-state index in [0.717, 1.165) is 44.1 Å². The van der Waals surface area contributed by atoms with E-state index in [0.29, 0.717) is 143 Å². The summed E-state index contributed by atoms with van der Waals surface area (Å²) in [7, 11) is 0. The lowest BCUT2D eigenvalue weighted by Gasteiger charge is -2.43. The van der Waals surface area contributed by atoms with Crippen molar-refractivity contribution < 1.29 is 57.2 Å². The topological polar surface area (TPSA) is 285 Å². The summed E-state index contributed by atoms with van der Waals surface area (Å²) < 4.78 is 34.9. The third-order valence-electron chi connectivity index (χ3n) is 15.0. The fraction of sp³-hybridized carbons (Fsp3) is 0.500. The summed E-state index contributed by atoms with van der Waals surface area (Å²) in [6.07, 6.45) is 10.9. The van der Waals surface area contributed by atoms with Gasteiger partial charge in [0.2, 0.25) is 17.7 Å². The van der Waals surface area contributed by atoms with E-state index < -0.39 is 29.2 Å². The Balaban J connectivity index is 0.666. The number of carbonyl (C=O) groups is 6. The van der Waals surface area contributed by atoms with E-state index in [2.05, 4.69) is 31.6 Å². The number of anilines is 2. The number of nitrogens with zero attached hydrogens (tertiary/aromatic N) is 3. The molecule has 2 atom stereocenters. The van der Waals surface area contributed by atoms with E-state index in [1.165, 1.54) is 4.90 Å². The van der Waals surface area contributed by atoms with Gasteiger partial charge in [-0.1, -0.05) is 25.0 Å². The second-order valence-corrected chi connectivity index (χ2v) is 22.4. The molecular weight excluding hydrogens is 1080 g/mol. The number of unbranched alkanes of at least 4 members (excludes halogenated alkanes) is 5. The number of benzene rings is 3. The molecule has 4 aromatic rings. The molecule has 2 fully saturated rings. The first-order chi connectivity index (χ1) is 40.6. The fourth-order valence-corrected chi connectivity index (χ4v) is 10.5. The van der Waals surface area contributed by atoms with Crippen LogP contribution in [0.2, 0.25) is 0 Å². The van der Waals surface area contributed by atoms with Crippen LogP contribution in [0.25, 0.3) is 0 Å². The number of ether oxygens (including phenoxy) is 6. The third kappa shape index (κ3) is 17.6. The van der Waals surface area contributed by atoms with Crippen LogP contribution in [0.1, 0.15) is 148 Å². The highest BCUT2D eigenvalue weighted by atomic mass is 16.6. The minimum Gasteiger partial charge on any atom is -0.494 e. The molecule has 22 nitrogen and oxygen atoms in total. The number of hydrogen-bond acceptors (Lipinski definition) is 16. The molecule has 1 aromatic heterocycles. The SMILES string of the molecule is CC(C)(C)OC(=O)N1CCC(Nc2cccc(C(=O)N[C@@H]3CCOc4ccc(OCCCCCCOCCOCCOCCCCCC(=O)Nc5cccc6c5CN(C5CCC(=O)NC5=O)C6=O)cc43)c2)(C(=N)NC(=N)c2ccncc2)CC1. The van der Waals surface area contributed by atoms with Crippen LogP contribution >= 0.6 is 0 Å². The summed E-state index contributed by atoms with van der Waals surface area (Å²) in [5.41, 5.74) is 2.49. The molecule has 84 heavy (non-hydrogen) atoms. The summed E-state index contributed by atoms with van der Waals surface area (Å²) >= 11 is 0. The highest BCUT2D eigenvalue weighted by Gasteiger charge is 2.42. The normalized spacial score (nSPS) is 17.2. The van der Waals surface area contributed by atoms with Gasteiger partial charge in [0.25, 0.3) is 11.8 Å². The van der Waals surface area contributed by atoms with Gasteiger partial charge in [0.15, 0.2) is 0 Å². The molecule has 2 saturated heterocycles. The lowest BCUT2D eigenvalue weighted by atomic mass is 9.85. The summed E-state index contributed by atoms with van der Waals surface area (Å²) in [4.78, 5) is 84.0. The van der Waals surface area contributed by atoms with E-state index >= 15 is 0 Å². The summed E-state index contributed by atoms with van der Waals surface area (Å²) in [6, 6.07) is 20.4. The maximum Gasteiger partial charge on any atom is 0.410 e. The number of piperidine rings is 2. The number of hydrogen-bond donors (Lipinski definition) is 7. The molecule has 1 unspecified atom stereocenters. The molecule has 0 bridgehead atoms. The Morgan fingerprint density at radius 2 is 1.48 bits per heavy atom. The molecule has 0 radical (unpaired) electrons. The number of nitrogens with one attached hydrogen (secondary N) is 7. The average molecular weight is 1160 g/mol. The van der Waals surface area contributed by atoms with Gasteiger partial charge in [0.1, 0.15) is 34.8 Å². The predicted octanol–water partition coefficient (Wildman–Crippen LogP) is 8.06. The molecule has 4 aliphatic rings. The lowest BCUT2D eigenvalue weighted by Crippen LogP contribution is -2.59. The van der Waals surface area contributed by atoms with Gasteiger partial charge in [0.05, 0.1) is 51.2 Å². The van der Waals surface area contributed by atoms with Gasteiger partial charge in [0, 0.05) is 104 Å². The molecule has 450 valence electrons. The third-order valence-corrected chi connectivity index (χ3v) is 15.0. The maximum atomic E-state index is 14.0. The standard InChI is InChI=1S/C62H80N10O12/c1-61(2,3)84-60(78)71-29-25-62(26-30-71,59(64)69-55(63)42-22-27-65-28-23-42)70-44-14-11-13-43(39-44)56(75)67-50-24-34-83-52-20-18-45(40-47(50)52)82-33-10-5-4-8-31-79-35-37-81-38-36-80-32-9-6-7-17-53(73)66-49-16-12-15-46-48(49)41-72(58(46)77)51-19-21-54(74)68-57(51)76/h11-16,18,20,22-23,27-28,39-40,50-51,70H,4-10,17,19,21,24-26,29-38,41H2,1-3H3,(H,66,73)(H,67,75)(H3,63,64,69)(H,68,74,76)/t50-,51?/m1/s1. The highest BCUT2D eigenvalue weighted by molar-refractivity contribution is 6.11. The first-order valence-electron chi connectivity index (χ1n) is 29.3. The number of aromatic nitrogens is 1. The fourth-order valence-electron chi connectivity index (χ4n) is 10.5. The molecule has 5 heterocycles. The molecule has 3 aromatic carbocycles. The smallest absolute Gasteiger partial charge is 0.410 e. The second-order valence-electron chi connectivity index (χ2n) is 22.4. The molecule has 0 spiro atoms. The minimum atomic E-state index is -1.000. The number of pyridine rings is 1. The molecule has 0 aliphatic carbocycles. The van der Waals surface area contributed by atoms with Crippen molar-refractivity contribution in [3.8, 4) is 11.5 Å². The molecule has 0 saturated carbocycles. The van der Waals surface area contributed by atoms with Crippen molar-refractivity contribution in [3.05, 3.63) is 113 Å². The van der Waals surface area contributed by atoms with Crippen molar-refractivity contribution >= 4 is 58.7 Å². The number of rotatable bonds is 28. The van der Waals surface area contributed by atoms with Gasteiger partial charge >= 0.3 is 6.09 Å². The van der Waals surface area contributed by atoms with Crippen molar-refractivity contribution in [2.45, 2.75) is 134 Å². The van der Waals surface area contributed by atoms with E-state index in [9.17, 15) is 34.2 Å². The molecule has 8 rings (SSSR count). The first kappa shape index (κ1) is 62.1. The minimum absolute atomic E-state index is 0.0420. The van der Waals surface area contributed by atoms with E-state index in [-0.39, 0.29) is 60.7 Å². The Hall–Kier alpha value is -7.95. The first-order valence-corrected chi connectivity index (χ1v) is 29.3. The van der Waals surface area contributed by atoms with E-state index in [1.807, 2.05) is 45.0 Å². The number of amidine groups is 2. The number of imide groups is 1. The lowest BCUT2D eigenvalue weighted by molar-refractivity contribution is -0.137. The van der Waals surface area contributed by atoms with Gasteiger partial charge in [-0.05, 0) is 133 Å². The number of amides is 6. The Morgan fingerprint density at radius 3 is 2.19 bits per heavy atom. The Kier molecular flexibility index (Phi) is 22.2. The quantitative estimate of drug-likeness (QED) is 0.0123. The Labute approximate surface area is 490 Å². The van der Waals surface area contributed by atoms with Crippen LogP contribution < -0.4 is 36.1 Å². The van der Waals surface area contributed by atoms with Crippen LogP contribution in [0, 0.1) is 10.8 Å². The number of carbonyl (C=O) groups excluding carboxylic acids is 6. The van der Waals surface area contributed by atoms with Crippen LogP contribution in [0.5, 0.6) is 11.5 Å². The van der Waals surface area contributed by atoms with Crippen LogP contribution in [-0.2, 0) is 39.9 Å². The highest BCUT2D eigenvalue weighted by Crippen LogP contribution is 2.37. The maximum absolute atomic E-state index is 14.0.